The smallest absolute Gasteiger partial charge is 0.231 e. The predicted octanol–water partition coefficient (Wildman–Crippen LogP) is 0.852. The van der Waals surface area contributed by atoms with Gasteiger partial charge in [0.05, 0.1) is 19.1 Å². The van der Waals surface area contributed by atoms with Crippen LogP contribution in [0, 0.1) is 0 Å². The first kappa shape index (κ1) is 11.1. The Labute approximate surface area is 95.0 Å². The normalized spacial score (nSPS) is 16.4. The van der Waals surface area contributed by atoms with E-state index in [0.717, 1.165) is 16.8 Å². The standard InChI is InChI=1S/C12H16N2O2/c1-14-11-4-3-8(10(13)7-16-2)5-9(11)6-12(14)15/h3-5,10H,6-7,13H2,1-2H3. The lowest BCUT2D eigenvalue weighted by Gasteiger charge is -2.14. The van der Waals surface area contributed by atoms with Crippen LogP contribution in [0.1, 0.15) is 17.2 Å². The number of hydrogen-bond donors (Lipinski definition) is 1. The van der Waals surface area contributed by atoms with Gasteiger partial charge in [-0.3, -0.25) is 4.79 Å². The number of carbonyl (C=O) groups is 1. The molecule has 1 amide bonds. The molecule has 0 saturated heterocycles. The molecule has 0 aliphatic carbocycles. The Morgan fingerprint density at radius 1 is 1.56 bits per heavy atom. The molecule has 1 aromatic rings. The molecule has 1 heterocycles. The van der Waals surface area contributed by atoms with Gasteiger partial charge in [-0.2, -0.15) is 0 Å². The molecule has 1 aliphatic heterocycles. The number of benzene rings is 1. The summed E-state index contributed by atoms with van der Waals surface area (Å²) >= 11 is 0. The summed E-state index contributed by atoms with van der Waals surface area (Å²) in [6.07, 6.45) is 0.472. The quantitative estimate of drug-likeness (QED) is 0.821. The van der Waals surface area contributed by atoms with Crippen LogP contribution >= 0.6 is 0 Å². The summed E-state index contributed by atoms with van der Waals surface area (Å²) in [7, 11) is 3.42. The number of nitrogens with two attached hydrogens (primary N) is 1. The van der Waals surface area contributed by atoms with Crippen molar-refractivity contribution >= 4 is 11.6 Å². The fourth-order valence-electron chi connectivity index (χ4n) is 2.00. The summed E-state index contributed by atoms with van der Waals surface area (Å²) in [6, 6.07) is 5.78. The predicted molar refractivity (Wildman–Crippen MR) is 62.4 cm³/mol. The second-order valence-corrected chi connectivity index (χ2v) is 4.08. The molecule has 0 radical (unpaired) electrons. The van der Waals surface area contributed by atoms with E-state index in [1.165, 1.54) is 0 Å². The largest absolute Gasteiger partial charge is 0.383 e. The van der Waals surface area contributed by atoms with Crippen LogP contribution in [0.3, 0.4) is 0 Å². The average molecular weight is 220 g/mol. The molecule has 0 saturated carbocycles. The lowest BCUT2D eigenvalue weighted by molar-refractivity contribution is -0.117. The SMILES string of the molecule is COCC(N)c1ccc2c(c1)CC(=O)N2C. The van der Waals surface area contributed by atoms with Gasteiger partial charge in [-0.1, -0.05) is 12.1 Å². The third kappa shape index (κ3) is 1.81. The zero-order valence-electron chi connectivity index (χ0n) is 9.56. The van der Waals surface area contributed by atoms with Gasteiger partial charge < -0.3 is 15.4 Å². The molecular weight excluding hydrogens is 204 g/mol. The van der Waals surface area contributed by atoms with Gasteiger partial charge in [-0.05, 0) is 17.2 Å². The summed E-state index contributed by atoms with van der Waals surface area (Å²) in [5.41, 5.74) is 9.00. The van der Waals surface area contributed by atoms with Gasteiger partial charge in [0.25, 0.3) is 0 Å². The van der Waals surface area contributed by atoms with Crippen molar-refractivity contribution in [3.05, 3.63) is 29.3 Å². The minimum atomic E-state index is -0.128. The monoisotopic (exact) mass is 220 g/mol. The summed E-state index contributed by atoms with van der Waals surface area (Å²) in [5, 5.41) is 0. The third-order valence-electron chi connectivity index (χ3n) is 2.96. The maximum Gasteiger partial charge on any atom is 0.231 e. The van der Waals surface area contributed by atoms with Crippen LogP contribution in [0.4, 0.5) is 5.69 Å². The van der Waals surface area contributed by atoms with Crippen molar-refractivity contribution < 1.29 is 9.53 Å². The fraction of sp³-hybridized carbons (Fsp3) is 0.417. The molecule has 1 atom stereocenters. The van der Waals surface area contributed by atoms with E-state index in [4.69, 9.17) is 10.5 Å². The highest BCUT2D eigenvalue weighted by atomic mass is 16.5. The van der Waals surface area contributed by atoms with Crippen LogP contribution in [-0.4, -0.2) is 26.7 Å². The minimum absolute atomic E-state index is 0.128. The molecular formula is C12H16N2O2. The highest BCUT2D eigenvalue weighted by molar-refractivity contribution is 6.00. The summed E-state index contributed by atoms with van der Waals surface area (Å²) < 4.78 is 5.02. The maximum absolute atomic E-state index is 11.5. The summed E-state index contributed by atoms with van der Waals surface area (Å²) in [6.45, 7) is 0.489. The van der Waals surface area contributed by atoms with E-state index in [1.807, 2.05) is 18.2 Å². The van der Waals surface area contributed by atoms with Gasteiger partial charge >= 0.3 is 0 Å². The van der Waals surface area contributed by atoms with Crippen LogP contribution in [-0.2, 0) is 16.0 Å². The van der Waals surface area contributed by atoms with Gasteiger partial charge in [0, 0.05) is 19.8 Å². The molecule has 86 valence electrons. The second-order valence-electron chi connectivity index (χ2n) is 4.08. The third-order valence-corrected chi connectivity index (χ3v) is 2.96. The van der Waals surface area contributed by atoms with Crippen molar-refractivity contribution in [1.29, 1.82) is 0 Å². The number of fused-ring (bicyclic) bond motifs is 1. The number of amides is 1. The molecule has 4 heteroatoms. The van der Waals surface area contributed by atoms with Crippen molar-refractivity contribution in [2.75, 3.05) is 25.7 Å². The van der Waals surface area contributed by atoms with E-state index in [0.29, 0.717) is 13.0 Å². The van der Waals surface area contributed by atoms with Crippen molar-refractivity contribution in [1.82, 2.24) is 0 Å². The Balaban J connectivity index is 2.28. The van der Waals surface area contributed by atoms with Crippen molar-refractivity contribution in [2.45, 2.75) is 12.5 Å². The van der Waals surface area contributed by atoms with Gasteiger partial charge in [-0.25, -0.2) is 0 Å². The van der Waals surface area contributed by atoms with Crippen LogP contribution in [0.15, 0.2) is 18.2 Å². The van der Waals surface area contributed by atoms with E-state index < -0.39 is 0 Å². The fourth-order valence-corrected chi connectivity index (χ4v) is 2.00. The molecule has 0 aromatic heterocycles. The number of likely N-dealkylation sites (N-methyl/N-ethyl adjacent to an activating group) is 1. The molecule has 2 rings (SSSR count). The van der Waals surface area contributed by atoms with Gasteiger partial charge in [-0.15, -0.1) is 0 Å². The molecule has 16 heavy (non-hydrogen) atoms. The van der Waals surface area contributed by atoms with E-state index in [-0.39, 0.29) is 11.9 Å². The topological polar surface area (TPSA) is 55.6 Å². The first-order chi connectivity index (χ1) is 7.63. The van der Waals surface area contributed by atoms with Gasteiger partial charge in [0.1, 0.15) is 0 Å². The Bertz CT molecular complexity index is 417. The Kier molecular flexibility index (Phi) is 2.94. The van der Waals surface area contributed by atoms with E-state index in [2.05, 4.69) is 0 Å². The number of ether oxygens (including phenoxy) is 1. The zero-order valence-corrected chi connectivity index (χ0v) is 9.56. The molecule has 0 bridgehead atoms. The molecule has 0 spiro atoms. The Morgan fingerprint density at radius 2 is 2.31 bits per heavy atom. The van der Waals surface area contributed by atoms with Crippen molar-refractivity contribution in [3.8, 4) is 0 Å². The van der Waals surface area contributed by atoms with Gasteiger partial charge in [0.2, 0.25) is 5.91 Å². The number of hydrogen-bond acceptors (Lipinski definition) is 3. The average Bonchev–Trinajstić information content (AvgIpc) is 2.55. The first-order valence-electron chi connectivity index (χ1n) is 5.27. The van der Waals surface area contributed by atoms with Crippen LogP contribution in [0.5, 0.6) is 0 Å². The van der Waals surface area contributed by atoms with E-state index in [1.54, 1.807) is 19.1 Å². The number of anilines is 1. The first-order valence-corrected chi connectivity index (χ1v) is 5.27. The number of rotatable bonds is 3. The maximum atomic E-state index is 11.5. The summed E-state index contributed by atoms with van der Waals surface area (Å²) in [4.78, 5) is 13.2. The van der Waals surface area contributed by atoms with E-state index >= 15 is 0 Å². The molecule has 1 aliphatic rings. The van der Waals surface area contributed by atoms with Crippen LogP contribution < -0.4 is 10.6 Å². The Morgan fingerprint density at radius 3 is 3.00 bits per heavy atom. The number of methoxy groups -OCH3 is 1. The lowest BCUT2D eigenvalue weighted by Crippen LogP contribution is -2.20. The number of carbonyl (C=O) groups excluding carboxylic acids is 1. The molecule has 1 unspecified atom stereocenters. The van der Waals surface area contributed by atoms with Crippen molar-refractivity contribution in [2.24, 2.45) is 5.73 Å². The second kappa shape index (κ2) is 4.23. The lowest BCUT2D eigenvalue weighted by atomic mass is 10.0. The van der Waals surface area contributed by atoms with E-state index in [9.17, 15) is 4.79 Å². The zero-order chi connectivity index (χ0) is 11.7. The molecule has 0 fully saturated rings. The van der Waals surface area contributed by atoms with Gasteiger partial charge in [0.15, 0.2) is 0 Å². The number of nitrogens with zero attached hydrogens (tertiary/aromatic N) is 1. The van der Waals surface area contributed by atoms with Crippen molar-refractivity contribution in [3.63, 3.8) is 0 Å². The van der Waals surface area contributed by atoms with Crippen LogP contribution in [0.2, 0.25) is 0 Å². The molecule has 4 nitrogen and oxygen atoms in total. The highest BCUT2D eigenvalue weighted by Gasteiger charge is 2.24. The van der Waals surface area contributed by atoms with Crippen LogP contribution in [0.25, 0.3) is 0 Å². The summed E-state index contributed by atoms with van der Waals surface area (Å²) in [5.74, 6) is 0.132. The molecule has 1 aromatic carbocycles. The highest BCUT2D eigenvalue weighted by Crippen LogP contribution is 2.29. The Hall–Kier alpha value is -1.39. The minimum Gasteiger partial charge on any atom is -0.383 e. The molecule has 2 N–H and O–H groups in total.